The van der Waals surface area contributed by atoms with Crippen LogP contribution in [-0.4, -0.2) is 9.55 Å². The second-order valence-electron chi connectivity index (χ2n) is 4.05. The van der Waals surface area contributed by atoms with E-state index in [0.29, 0.717) is 5.92 Å². The maximum atomic E-state index is 5.67. The summed E-state index contributed by atoms with van der Waals surface area (Å²) in [7, 11) is 0. The van der Waals surface area contributed by atoms with Crippen LogP contribution in [0.3, 0.4) is 0 Å². The molecule has 1 saturated carbocycles. The van der Waals surface area contributed by atoms with Crippen LogP contribution in [0.2, 0.25) is 0 Å². The van der Waals surface area contributed by atoms with E-state index >= 15 is 0 Å². The standard InChI is InChI=1S/C12H13N3/c13-10-3-5-11(6-4-10)15-8-14-7-12(15)9-1-2-9/h3-9H,1-2,13H2. The summed E-state index contributed by atoms with van der Waals surface area (Å²) in [6, 6.07) is 7.91. The van der Waals surface area contributed by atoms with Crippen LogP contribution in [0.5, 0.6) is 0 Å². The zero-order chi connectivity index (χ0) is 10.3. The third-order valence-corrected chi connectivity index (χ3v) is 2.83. The highest BCUT2D eigenvalue weighted by Crippen LogP contribution is 2.40. The van der Waals surface area contributed by atoms with E-state index in [1.54, 1.807) is 0 Å². The van der Waals surface area contributed by atoms with Crippen molar-refractivity contribution in [1.82, 2.24) is 9.55 Å². The van der Waals surface area contributed by atoms with Crippen molar-refractivity contribution in [3.8, 4) is 5.69 Å². The molecule has 15 heavy (non-hydrogen) atoms. The lowest BCUT2D eigenvalue weighted by molar-refractivity contribution is 0.924. The molecule has 2 aromatic rings. The molecule has 0 radical (unpaired) electrons. The average Bonchev–Trinajstić information content (AvgIpc) is 2.98. The number of benzene rings is 1. The first kappa shape index (κ1) is 8.53. The molecular formula is C12H13N3. The molecule has 1 aliphatic rings. The topological polar surface area (TPSA) is 43.8 Å². The molecule has 1 heterocycles. The average molecular weight is 199 g/mol. The predicted molar refractivity (Wildman–Crippen MR) is 60.0 cm³/mol. The molecular weight excluding hydrogens is 186 g/mol. The van der Waals surface area contributed by atoms with Crippen molar-refractivity contribution < 1.29 is 0 Å². The number of hydrogen-bond acceptors (Lipinski definition) is 2. The van der Waals surface area contributed by atoms with Crippen molar-refractivity contribution in [3.63, 3.8) is 0 Å². The highest BCUT2D eigenvalue weighted by molar-refractivity contribution is 5.46. The first-order valence-electron chi connectivity index (χ1n) is 5.23. The van der Waals surface area contributed by atoms with Gasteiger partial charge >= 0.3 is 0 Å². The molecule has 1 aromatic heterocycles. The summed E-state index contributed by atoms with van der Waals surface area (Å²) in [5.41, 5.74) is 8.92. The first-order chi connectivity index (χ1) is 7.34. The van der Waals surface area contributed by atoms with Crippen molar-refractivity contribution in [2.24, 2.45) is 0 Å². The lowest BCUT2D eigenvalue weighted by atomic mass is 10.2. The van der Waals surface area contributed by atoms with Gasteiger partial charge in [0.15, 0.2) is 0 Å². The molecule has 1 aromatic carbocycles. The SMILES string of the molecule is Nc1ccc(-n2cncc2C2CC2)cc1. The van der Waals surface area contributed by atoms with Gasteiger partial charge in [-0.15, -0.1) is 0 Å². The lowest BCUT2D eigenvalue weighted by Gasteiger charge is -2.07. The largest absolute Gasteiger partial charge is 0.399 e. The quantitative estimate of drug-likeness (QED) is 0.754. The van der Waals surface area contributed by atoms with Gasteiger partial charge in [0.25, 0.3) is 0 Å². The summed E-state index contributed by atoms with van der Waals surface area (Å²) in [5, 5.41) is 0. The van der Waals surface area contributed by atoms with Crippen LogP contribution in [0, 0.1) is 0 Å². The Morgan fingerprint density at radius 2 is 1.93 bits per heavy atom. The number of nitrogen functional groups attached to an aromatic ring is 1. The molecule has 76 valence electrons. The molecule has 0 amide bonds. The molecule has 3 nitrogen and oxygen atoms in total. The van der Waals surface area contributed by atoms with Crippen LogP contribution >= 0.6 is 0 Å². The van der Waals surface area contributed by atoms with Crippen LogP contribution in [0.1, 0.15) is 24.5 Å². The van der Waals surface area contributed by atoms with Gasteiger partial charge in [0.2, 0.25) is 0 Å². The van der Waals surface area contributed by atoms with Gasteiger partial charge in [0.1, 0.15) is 0 Å². The minimum Gasteiger partial charge on any atom is -0.399 e. The zero-order valence-electron chi connectivity index (χ0n) is 8.43. The van der Waals surface area contributed by atoms with E-state index in [9.17, 15) is 0 Å². The molecule has 1 fully saturated rings. The van der Waals surface area contributed by atoms with Crippen molar-refractivity contribution in [2.45, 2.75) is 18.8 Å². The molecule has 0 bridgehead atoms. The number of aromatic nitrogens is 2. The summed E-state index contributed by atoms with van der Waals surface area (Å²) in [6.45, 7) is 0. The molecule has 0 spiro atoms. The summed E-state index contributed by atoms with van der Waals surface area (Å²) in [5.74, 6) is 0.713. The number of nitrogens with zero attached hydrogens (tertiary/aromatic N) is 2. The van der Waals surface area contributed by atoms with Crippen molar-refractivity contribution in [2.75, 3.05) is 5.73 Å². The van der Waals surface area contributed by atoms with Gasteiger partial charge in [-0.3, -0.25) is 0 Å². The maximum Gasteiger partial charge on any atom is 0.0994 e. The minimum absolute atomic E-state index is 0.713. The molecule has 0 atom stereocenters. The summed E-state index contributed by atoms with van der Waals surface area (Å²) in [4.78, 5) is 4.21. The monoisotopic (exact) mass is 199 g/mol. The Kier molecular flexibility index (Phi) is 1.78. The Morgan fingerprint density at radius 3 is 2.60 bits per heavy atom. The van der Waals surface area contributed by atoms with E-state index < -0.39 is 0 Å². The van der Waals surface area contributed by atoms with Crippen LogP contribution < -0.4 is 5.73 Å². The number of rotatable bonds is 2. The fourth-order valence-corrected chi connectivity index (χ4v) is 1.84. The van der Waals surface area contributed by atoms with Crippen LogP contribution in [0.4, 0.5) is 5.69 Å². The summed E-state index contributed by atoms with van der Waals surface area (Å²) in [6.07, 6.45) is 6.43. The summed E-state index contributed by atoms with van der Waals surface area (Å²) < 4.78 is 2.15. The molecule has 0 aliphatic heterocycles. The molecule has 0 saturated heterocycles. The third-order valence-electron chi connectivity index (χ3n) is 2.83. The van der Waals surface area contributed by atoms with Gasteiger partial charge < -0.3 is 10.3 Å². The smallest absolute Gasteiger partial charge is 0.0994 e. The van der Waals surface area contributed by atoms with Gasteiger partial charge in [0, 0.05) is 29.2 Å². The number of imidazole rings is 1. The van der Waals surface area contributed by atoms with Crippen molar-refractivity contribution in [3.05, 3.63) is 42.5 Å². The molecule has 2 N–H and O–H groups in total. The molecule has 1 aliphatic carbocycles. The van der Waals surface area contributed by atoms with E-state index in [0.717, 1.165) is 11.4 Å². The Hall–Kier alpha value is -1.77. The van der Waals surface area contributed by atoms with E-state index in [1.165, 1.54) is 18.5 Å². The van der Waals surface area contributed by atoms with Gasteiger partial charge in [0.05, 0.1) is 6.33 Å². The fourth-order valence-electron chi connectivity index (χ4n) is 1.84. The first-order valence-corrected chi connectivity index (χ1v) is 5.23. The Labute approximate surface area is 88.6 Å². The van der Waals surface area contributed by atoms with Crippen LogP contribution in [-0.2, 0) is 0 Å². The van der Waals surface area contributed by atoms with Gasteiger partial charge in [-0.2, -0.15) is 0 Å². The molecule has 3 heteroatoms. The Bertz CT molecular complexity index is 466. The van der Waals surface area contributed by atoms with Gasteiger partial charge in [-0.05, 0) is 37.1 Å². The fraction of sp³-hybridized carbons (Fsp3) is 0.250. The Morgan fingerprint density at radius 1 is 1.20 bits per heavy atom. The lowest BCUT2D eigenvalue weighted by Crippen LogP contribution is -1.97. The normalized spacial score (nSPS) is 15.5. The maximum absolute atomic E-state index is 5.67. The van der Waals surface area contributed by atoms with E-state index in [1.807, 2.05) is 36.8 Å². The zero-order valence-corrected chi connectivity index (χ0v) is 8.43. The number of anilines is 1. The van der Waals surface area contributed by atoms with Gasteiger partial charge in [-0.25, -0.2) is 4.98 Å². The highest BCUT2D eigenvalue weighted by Gasteiger charge is 2.27. The predicted octanol–water partition coefficient (Wildman–Crippen LogP) is 2.33. The van der Waals surface area contributed by atoms with E-state index in [4.69, 9.17) is 5.73 Å². The number of hydrogen-bond donors (Lipinski definition) is 1. The van der Waals surface area contributed by atoms with Crippen LogP contribution in [0.25, 0.3) is 5.69 Å². The third kappa shape index (κ3) is 1.50. The Balaban J connectivity index is 2.04. The van der Waals surface area contributed by atoms with Gasteiger partial charge in [-0.1, -0.05) is 0 Å². The summed E-state index contributed by atoms with van der Waals surface area (Å²) >= 11 is 0. The highest BCUT2D eigenvalue weighted by atomic mass is 15.1. The minimum atomic E-state index is 0.713. The second kappa shape index (κ2) is 3.12. The molecule has 3 rings (SSSR count). The number of nitrogens with two attached hydrogens (primary N) is 1. The van der Waals surface area contributed by atoms with Crippen molar-refractivity contribution in [1.29, 1.82) is 0 Å². The van der Waals surface area contributed by atoms with Crippen LogP contribution in [0.15, 0.2) is 36.8 Å². The second-order valence-corrected chi connectivity index (χ2v) is 4.05. The van der Waals surface area contributed by atoms with E-state index in [2.05, 4.69) is 9.55 Å². The van der Waals surface area contributed by atoms with Crippen molar-refractivity contribution >= 4 is 5.69 Å². The van der Waals surface area contributed by atoms with E-state index in [-0.39, 0.29) is 0 Å². The molecule has 0 unspecified atom stereocenters.